The van der Waals surface area contributed by atoms with Crippen LogP contribution in [0.25, 0.3) is 0 Å². The maximum absolute atomic E-state index is 12.1. The van der Waals surface area contributed by atoms with Gasteiger partial charge in [0.15, 0.2) is 0 Å². The predicted octanol–water partition coefficient (Wildman–Crippen LogP) is 2.39. The molecule has 7 heteroatoms. The number of carbonyl (C=O) groups is 1. The zero-order chi connectivity index (χ0) is 19.0. The van der Waals surface area contributed by atoms with Gasteiger partial charge in [0.2, 0.25) is 0 Å². The zero-order valence-electron chi connectivity index (χ0n) is 16.5. The molecule has 1 heterocycles. The first-order valence-corrected chi connectivity index (χ1v) is 8.60. The van der Waals surface area contributed by atoms with Gasteiger partial charge in [-0.15, -0.1) is 0 Å². The third-order valence-electron chi connectivity index (χ3n) is 3.94. The van der Waals surface area contributed by atoms with E-state index < -0.39 is 5.60 Å². The summed E-state index contributed by atoms with van der Waals surface area (Å²) >= 11 is 0. The number of ether oxygens (including phenoxy) is 1. The minimum absolute atomic E-state index is 0.232. The van der Waals surface area contributed by atoms with Crippen LogP contribution in [0.15, 0.2) is 29.5 Å². The highest BCUT2D eigenvalue weighted by molar-refractivity contribution is 5.72. The summed E-state index contributed by atoms with van der Waals surface area (Å²) in [6, 6.07) is 0. The Morgan fingerprint density at radius 3 is 2.28 bits per heavy atom. The molecule has 0 aromatic heterocycles. The van der Waals surface area contributed by atoms with Gasteiger partial charge in [0.25, 0.3) is 0 Å². The fourth-order valence-corrected chi connectivity index (χ4v) is 2.24. The average molecular weight is 351 g/mol. The summed E-state index contributed by atoms with van der Waals surface area (Å²) in [6.45, 7) is 14.9. The second-order valence-corrected chi connectivity index (χ2v) is 7.15. The summed E-state index contributed by atoms with van der Waals surface area (Å²) in [5.41, 5.74) is 0.695. The number of hydrogen-bond acceptors (Lipinski definition) is 6. The Labute approximate surface area is 152 Å². The van der Waals surface area contributed by atoms with E-state index in [0.717, 1.165) is 18.8 Å². The second-order valence-electron chi connectivity index (χ2n) is 7.15. The van der Waals surface area contributed by atoms with Gasteiger partial charge in [0, 0.05) is 58.4 Å². The lowest BCUT2D eigenvalue weighted by molar-refractivity contribution is 0.0169. The Hall–Kier alpha value is -2.02. The minimum Gasteiger partial charge on any atom is -0.444 e. The van der Waals surface area contributed by atoms with Gasteiger partial charge in [0.1, 0.15) is 12.3 Å². The van der Waals surface area contributed by atoms with E-state index in [-0.39, 0.29) is 6.09 Å². The maximum Gasteiger partial charge on any atom is 0.410 e. The Morgan fingerprint density at radius 2 is 1.76 bits per heavy atom. The van der Waals surface area contributed by atoms with Crippen molar-refractivity contribution in [2.45, 2.75) is 33.3 Å². The molecule has 0 aromatic rings. The van der Waals surface area contributed by atoms with E-state index in [1.54, 1.807) is 11.1 Å². The van der Waals surface area contributed by atoms with E-state index >= 15 is 0 Å². The summed E-state index contributed by atoms with van der Waals surface area (Å²) < 4.78 is 5.42. The van der Waals surface area contributed by atoms with Gasteiger partial charge >= 0.3 is 6.09 Å². The van der Waals surface area contributed by atoms with Gasteiger partial charge in [0.05, 0.1) is 0 Å². The highest BCUT2D eigenvalue weighted by atomic mass is 16.6. The molecule has 142 valence electrons. The Balaban J connectivity index is 2.43. The maximum atomic E-state index is 12.1. The van der Waals surface area contributed by atoms with Crippen LogP contribution in [0.2, 0.25) is 0 Å². The third-order valence-corrected chi connectivity index (χ3v) is 3.94. The zero-order valence-corrected chi connectivity index (χ0v) is 16.5. The predicted molar refractivity (Wildman–Crippen MR) is 102 cm³/mol. The number of aliphatic imine (C=N–C) groups is 1. The first-order valence-electron chi connectivity index (χ1n) is 8.60. The molecule has 0 unspecified atom stereocenters. The van der Waals surface area contributed by atoms with E-state index in [4.69, 9.17) is 4.74 Å². The normalized spacial score (nSPS) is 16.5. The van der Waals surface area contributed by atoms with Crippen molar-refractivity contribution in [3.05, 3.63) is 24.6 Å². The van der Waals surface area contributed by atoms with E-state index in [0.29, 0.717) is 19.8 Å². The number of hydrogen-bond donors (Lipinski definition) is 0. The van der Waals surface area contributed by atoms with Gasteiger partial charge in [-0.25, -0.2) is 9.80 Å². The average Bonchev–Trinajstić information content (AvgIpc) is 2.56. The molecule has 1 aliphatic heterocycles. The molecule has 1 amide bonds. The topological polar surface area (TPSA) is 51.6 Å². The van der Waals surface area contributed by atoms with Crippen LogP contribution in [0.3, 0.4) is 0 Å². The van der Waals surface area contributed by atoms with Crippen LogP contribution >= 0.6 is 0 Å². The molecule has 0 atom stereocenters. The van der Waals surface area contributed by atoms with Crippen molar-refractivity contribution in [1.29, 1.82) is 0 Å². The number of carbonyl (C=O) groups excluding carboxylic acids is 1. The monoisotopic (exact) mass is 351 g/mol. The molecule has 0 N–H and O–H groups in total. The van der Waals surface area contributed by atoms with Crippen molar-refractivity contribution in [3.63, 3.8) is 0 Å². The molecule has 1 fully saturated rings. The molecule has 0 aromatic carbocycles. The molecule has 0 bridgehead atoms. The molecular weight excluding hydrogens is 318 g/mol. The third kappa shape index (κ3) is 7.60. The van der Waals surface area contributed by atoms with Gasteiger partial charge < -0.3 is 19.5 Å². The van der Waals surface area contributed by atoms with Crippen molar-refractivity contribution in [3.8, 4) is 0 Å². The highest BCUT2D eigenvalue weighted by Gasteiger charge is 2.25. The van der Waals surface area contributed by atoms with Gasteiger partial charge in [-0.2, -0.15) is 0 Å². The van der Waals surface area contributed by atoms with Gasteiger partial charge in [-0.1, -0.05) is 6.58 Å². The Bertz CT molecular complexity index is 502. The van der Waals surface area contributed by atoms with E-state index in [1.165, 1.54) is 0 Å². The van der Waals surface area contributed by atoms with E-state index in [2.05, 4.69) is 23.4 Å². The quantitative estimate of drug-likeness (QED) is 0.543. The lowest BCUT2D eigenvalue weighted by Gasteiger charge is -2.37. The van der Waals surface area contributed by atoms with Crippen molar-refractivity contribution in [2.24, 2.45) is 4.99 Å². The Kier molecular flexibility index (Phi) is 7.96. The van der Waals surface area contributed by atoms with Crippen LogP contribution in [-0.2, 0) is 4.74 Å². The smallest absolute Gasteiger partial charge is 0.410 e. The van der Waals surface area contributed by atoms with Crippen molar-refractivity contribution >= 4 is 12.3 Å². The minimum atomic E-state index is -0.451. The van der Waals surface area contributed by atoms with E-state index in [9.17, 15) is 4.79 Å². The highest BCUT2D eigenvalue weighted by Crippen LogP contribution is 2.13. The second kappa shape index (κ2) is 9.46. The summed E-state index contributed by atoms with van der Waals surface area (Å²) in [5.74, 6) is 0. The van der Waals surface area contributed by atoms with Crippen molar-refractivity contribution in [1.82, 2.24) is 19.8 Å². The molecule has 7 nitrogen and oxygen atoms in total. The van der Waals surface area contributed by atoms with Crippen LogP contribution in [0.1, 0.15) is 27.7 Å². The standard InChI is InChI=1S/C18H33N5O2/c1-8-20(6)21(7)15-19-10-9-16(2)22-11-13-23(14-12-22)17(24)25-18(3,4)5/h8-10H,1,11-15H2,2-7H3/b16-9+,19-10?. The van der Waals surface area contributed by atoms with Gasteiger partial charge in [-0.05, 0) is 33.8 Å². The number of nitrogens with zero attached hydrogens (tertiary/aromatic N) is 5. The first kappa shape index (κ1) is 21.0. The number of hydrazine groups is 1. The van der Waals surface area contributed by atoms with Crippen LogP contribution in [0.5, 0.6) is 0 Å². The number of amides is 1. The molecular formula is C18H33N5O2. The molecule has 1 saturated heterocycles. The summed E-state index contributed by atoms with van der Waals surface area (Å²) in [6.07, 6.45) is 5.33. The summed E-state index contributed by atoms with van der Waals surface area (Å²) in [4.78, 5) is 20.5. The molecule has 0 aliphatic carbocycles. The molecule has 0 saturated carbocycles. The molecule has 0 spiro atoms. The molecule has 0 radical (unpaired) electrons. The lowest BCUT2D eigenvalue weighted by Crippen LogP contribution is -2.49. The van der Waals surface area contributed by atoms with Crippen LogP contribution < -0.4 is 0 Å². The number of allylic oxidation sites excluding steroid dienone is 2. The van der Waals surface area contributed by atoms with Crippen LogP contribution in [-0.4, -0.2) is 84.7 Å². The van der Waals surface area contributed by atoms with Gasteiger partial charge in [-0.3, -0.25) is 4.99 Å². The van der Waals surface area contributed by atoms with E-state index in [1.807, 2.05) is 57.2 Å². The largest absolute Gasteiger partial charge is 0.444 e. The fraction of sp³-hybridized carbons (Fsp3) is 0.667. The Morgan fingerprint density at radius 1 is 1.20 bits per heavy atom. The molecule has 1 aliphatic rings. The van der Waals surface area contributed by atoms with Crippen LogP contribution in [0, 0.1) is 0 Å². The number of rotatable bonds is 6. The first-order chi connectivity index (χ1) is 11.6. The SMILES string of the molecule is C=CN(C)N(C)CN=C/C=C(\C)N1CCN(C(=O)OC(C)(C)C)CC1. The number of piperazine rings is 1. The van der Waals surface area contributed by atoms with Crippen molar-refractivity contribution < 1.29 is 9.53 Å². The summed E-state index contributed by atoms with van der Waals surface area (Å²) in [5, 5.41) is 3.83. The summed E-state index contributed by atoms with van der Waals surface area (Å²) in [7, 11) is 3.87. The lowest BCUT2D eigenvalue weighted by atomic mass is 10.2. The molecule has 1 rings (SSSR count). The molecule has 25 heavy (non-hydrogen) atoms. The van der Waals surface area contributed by atoms with Crippen LogP contribution in [0.4, 0.5) is 4.79 Å². The fourth-order valence-electron chi connectivity index (χ4n) is 2.24. The van der Waals surface area contributed by atoms with Crippen molar-refractivity contribution in [2.75, 3.05) is 46.9 Å².